The standard InChI is InChI=1S/C17H20N4O4/c1-11(15(22)20-14-4-2-3-12(9-14)10-18)25-16(23)13-5-7-21(8-6-13)17(19)24/h2-4,9,11,13H,5-8H2,1H3,(H2,19,24)(H,20,22)/t11-/m1/s1. The molecule has 1 aromatic carbocycles. The lowest BCUT2D eigenvalue weighted by Crippen LogP contribution is -2.44. The fraction of sp³-hybridized carbons (Fsp3) is 0.412. The van der Waals surface area contributed by atoms with Crippen molar-refractivity contribution in [3.63, 3.8) is 0 Å². The monoisotopic (exact) mass is 344 g/mol. The van der Waals surface area contributed by atoms with Crippen molar-refractivity contribution in [2.75, 3.05) is 18.4 Å². The van der Waals surface area contributed by atoms with Gasteiger partial charge in [0.05, 0.1) is 17.6 Å². The molecule has 8 nitrogen and oxygen atoms in total. The number of primary amides is 1. The van der Waals surface area contributed by atoms with Crippen molar-refractivity contribution in [1.82, 2.24) is 4.90 Å². The van der Waals surface area contributed by atoms with Crippen molar-refractivity contribution in [2.45, 2.75) is 25.9 Å². The largest absolute Gasteiger partial charge is 0.452 e. The number of ether oxygens (including phenoxy) is 1. The van der Waals surface area contributed by atoms with E-state index in [1.54, 1.807) is 18.2 Å². The van der Waals surface area contributed by atoms with Crippen LogP contribution in [0.2, 0.25) is 0 Å². The summed E-state index contributed by atoms with van der Waals surface area (Å²) in [4.78, 5) is 36.8. The molecule has 25 heavy (non-hydrogen) atoms. The van der Waals surface area contributed by atoms with E-state index in [-0.39, 0.29) is 5.92 Å². The van der Waals surface area contributed by atoms with E-state index in [1.807, 2.05) is 6.07 Å². The molecule has 1 aliphatic heterocycles. The van der Waals surface area contributed by atoms with E-state index < -0.39 is 24.0 Å². The first-order chi connectivity index (χ1) is 11.9. The van der Waals surface area contributed by atoms with Gasteiger partial charge < -0.3 is 20.7 Å². The number of hydrogen-bond acceptors (Lipinski definition) is 5. The molecule has 2 rings (SSSR count). The average molecular weight is 344 g/mol. The molecule has 0 radical (unpaired) electrons. The summed E-state index contributed by atoms with van der Waals surface area (Å²) in [6, 6.07) is 7.93. The summed E-state index contributed by atoms with van der Waals surface area (Å²) in [7, 11) is 0. The Labute approximate surface area is 145 Å². The molecule has 1 fully saturated rings. The fourth-order valence-corrected chi connectivity index (χ4v) is 2.57. The Morgan fingerprint density at radius 2 is 2.04 bits per heavy atom. The first-order valence-electron chi connectivity index (χ1n) is 7.96. The highest BCUT2D eigenvalue weighted by Crippen LogP contribution is 2.19. The van der Waals surface area contributed by atoms with Gasteiger partial charge in [-0.3, -0.25) is 9.59 Å². The van der Waals surface area contributed by atoms with Gasteiger partial charge in [-0.2, -0.15) is 5.26 Å². The quantitative estimate of drug-likeness (QED) is 0.794. The molecule has 3 N–H and O–H groups in total. The van der Waals surface area contributed by atoms with Gasteiger partial charge in [-0.15, -0.1) is 0 Å². The lowest BCUT2D eigenvalue weighted by molar-refractivity contribution is -0.158. The average Bonchev–Trinajstić information content (AvgIpc) is 2.61. The minimum absolute atomic E-state index is 0.354. The van der Waals surface area contributed by atoms with Gasteiger partial charge in [-0.05, 0) is 38.0 Å². The molecular formula is C17H20N4O4. The Kier molecular flexibility index (Phi) is 5.95. The van der Waals surface area contributed by atoms with Gasteiger partial charge in [0.2, 0.25) is 0 Å². The van der Waals surface area contributed by atoms with Crippen molar-refractivity contribution in [3.05, 3.63) is 29.8 Å². The molecule has 1 aliphatic rings. The molecule has 0 unspecified atom stereocenters. The number of urea groups is 1. The molecule has 1 aromatic rings. The van der Waals surface area contributed by atoms with E-state index in [0.717, 1.165) is 0 Å². The van der Waals surface area contributed by atoms with Gasteiger partial charge in [0.25, 0.3) is 5.91 Å². The Balaban J connectivity index is 1.85. The number of anilines is 1. The maximum absolute atomic E-state index is 12.2. The molecular weight excluding hydrogens is 324 g/mol. The number of nitrogens with one attached hydrogen (secondary N) is 1. The van der Waals surface area contributed by atoms with Gasteiger partial charge in [0.1, 0.15) is 0 Å². The highest BCUT2D eigenvalue weighted by Gasteiger charge is 2.29. The van der Waals surface area contributed by atoms with Crippen LogP contribution in [0.15, 0.2) is 24.3 Å². The van der Waals surface area contributed by atoms with Crippen LogP contribution in [0.3, 0.4) is 0 Å². The van der Waals surface area contributed by atoms with Crippen LogP contribution in [0.1, 0.15) is 25.3 Å². The number of amides is 3. The number of likely N-dealkylation sites (tertiary alicyclic amines) is 1. The summed E-state index contributed by atoms with van der Waals surface area (Å²) in [6.45, 7) is 2.28. The maximum Gasteiger partial charge on any atom is 0.314 e. The molecule has 0 aromatic heterocycles. The number of nitrogens with two attached hydrogens (primary N) is 1. The lowest BCUT2D eigenvalue weighted by Gasteiger charge is -2.30. The minimum Gasteiger partial charge on any atom is -0.452 e. The Hall–Kier alpha value is -3.08. The van der Waals surface area contributed by atoms with E-state index in [2.05, 4.69) is 5.32 Å². The van der Waals surface area contributed by atoms with Crippen LogP contribution in [0, 0.1) is 17.2 Å². The number of benzene rings is 1. The molecule has 0 spiro atoms. The van der Waals surface area contributed by atoms with Crippen LogP contribution in [0.5, 0.6) is 0 Å². The van der Waals surface area contributed by atoms with Crippen molar-refractivity contribution in [1.29, 1.82) is 5.26 Å². The number of nitriles is 1. The van der Waals surface area contributed by atoms with E-state index in [0.29, 0.717) is 37.2 Å². The smallest absolute Gasteiger partial charge is 0.314 e. The third-order valence-corrected chi connectivity index (χ3v) is 4.06. The van der Waals surface area contributed by atoms with Crippen LogP contribution in [-0.2, 0) is 14.3 Å². The maximum atomic E-state index is 12.2. The highest BCUT2D eigenvalue weighted by molar-refractivity contribution is 5.95. The number of esters is 1. The summed E-state index contributed by atoms with van der Waals surface area (Å²) in [5.41, 5.74) is 6.08. The summed E-state index contributed by atoms with van der Waals surface area (Å²) < 4.78 is 5.23. The van der Waals surface area contributed by atoms with Crippen LogP contribution >= 0.6 is 0 Å². The summed E-state index contributed by atoms with van der Waals surface area (Å²) in [5, 5.41) is 11.5. The second kappa shape index (κ2) is 8.15. The predicted octanol–water partition coefficient (Wildman–Crippen LogP) is 1.22. The molecule has 1 saturated heterocycles. The van der Waals surface area contributed by atoms with Gasteiger partial charge in [-0.1, -0.05) is 6.07 Å². The van der Waals surface area contributed by atoms with Crippen molar-refractivity contribution < 1.29 is 19.1 Å². The van der Waals surface area contributed by atoms with Crippen LogP contribution < -0.4 is 11.1 Å². The van der Waals surface area contributed by atoms with Crippen molar-refractivity contribution in [2.24, 2.45) is 11.7 Å². The zero-order valence-electron chi connectivity index (χ0n) is 13.9. The molecule has 0 bridgehead atoms. The fourth-order valence-electron chi connectivity index (χ4n) is 2.57. The SMILES string of the molecule is C[C@@H](OC(=O)C1CCN(C(N)=O)CC1)C(=O)Nc1cccc(C#N)c1. The first-order valence-corrected chi connectivity index (χ1v) is 7.96. The Morgan fingerprint density at radius 1 is 1.36 bits per heavy atom. The number of carbonyl (C=O) groups is 3. The van der Waals surface area contributed by atoms with Gasteiger partial charge >= 0.3 is 12.0 Å². The van der Waals surface area contributed by atoms with Gasteiger partial charge in [0.15, 0.2) is 6.10 Å². The molecule has 1 heterocycles. The zero-order chi connectivity index (χ0) is 18.4. The predicted molar refractivity (Wildman–Crippen MR) is 89.2 cm³/mol. The van der Waals surface area contributed by atoms with E-state index in [1.165, 1.54) is 17.9 Å². The molecule has 132 valence electrons. The van der Waals surface area contributed by atoms with Crippen molar-refractivity contribution >= 4 is 23.6 Å². The second-order valence-electron chi connectivity index (χ2n) is 5.86. The van der Waals surface area contributed by atoms with Crippen LogP contribution in [-0.4, -0.2) is 42.0 Å². The first kappa shape index (κ1) is 18.3. The normalized spacial score (nSPS) is 15.8. The third-order valence-electron chi connectivity index (χ3n) is 4.06. The zero-order valence-corrected chi connectivity index (χ0v) is 13.9. The molecule has 3 amide bonds. The number of carbonyl (C=O) groups excluding carboxylic acids is 3. The number of piperidine rings is 1. The van der Waals surface area contributed by atoms with Crippen LogP contribution in [0.4, 0.5) is 10.5 Å². The lowest BCUT2D eigenvalue weighted by atomic mass is 9.97. The Morgan fingerprint density at radius 3 is 2.64 bits per heavy atom. The topological polar surface area (TPSA) is 126 Å². The number of rotatable bonds is 4. The third kappa shape index (κ3) is 4.94. The highest BCUT2D eigenvalue weighted by atomic mass is 16.5. The molecule has 0 aliphatic carbocycles. The van der Waals surface area contributed by atoms with Crippen molar-refractivity contribution in [3.8, 4) is 6.07 Å². The van der Waals surface area contributed by atoms with Gasteiger partial charge in [-0.25, -0.2) is 4.79 Å². The minimum atomic E-state index is -0.965. The summed E-state index contributed by atoms with van der Waals surface area (Å²) in [6.07, 6.45) is -0.0480. The Bertz CT molecular complexity index is 705. The number of hydrogen-bond donors (Lipinski definition) is 2. The molecule has 1 atom stereocenters. The second-order valence-corrected chi connectivity index (χ2v) is 5.86. The number of nitrogens with zero attached hydrogens (tertiary/aromatic N) is 2. The van der Waals surface area contributed by atoms with E-state index in [9.17, 15) is 14.4 Å². The molecule has 0 saturated carbocycles. The molecule has 8 heteroatoms. The van der Waals surface area contributed by atoms with E-state index >= 15 is 0 Å². The summed E-state index contributed by atoms with van der Waals surface area (Å²) in [5.74, 6) is -1.29. The summed E-state index contributed by atoms with van der Waals surface area (Å²) >= 11 is 0. The van der Waals surface area contributed by atoms with Gasteiger partial charge in [0, 0.05) is 18.8 Å². The van der Waals surface area contributed by atoms with E-state index in [4.69, 9.17) is 15.7 Å². The van der Waals surface area contributed by atoms with Crippen LogP contribution in [0.25, 0.3) is 0 Å².